The maximum Gasteiger partial charge on any atom is 0.309 e. The minimum atomic E-state index is -0.626. The molecule has 3 atom stereocenters. The Morgan fingerprint density at radius 2 is 1.32 bits per heavy atom. The van der Waals surface area contributed by atoms with Crippen LogP contribution in [-0.2, 0) is 41.4 Å². The number of hydrogen-bond donors (Lipinski definition) is 0. The summed E-state index contributed by atoms with van der Waals surface area (Å²) < 4.78 is 16.5. The molecule has 3 unspecified atom stereocenters. The highest BCUT2D eigenvalue weighted by Gasteiger charge is 2.24. The Morgan fingerprint density at radius 3 is 1.82 bits per heavy atom. The number of Topliss-reactive ketones (excluding diaryl/α,β-unsaturated/α-hetero) is 1. The predicted octanol–water partition coefficient (Wildman–Crippen LogP) is 5.77. The van der Waals surface area contributed by atoms with E-state index in [2.05, 4.69) is 6.58 Å². The average Bonchev–Trinajstić information content (AvgIpc) is 2.86. The molecule has 7 heteroatoms. The Balaban J connectivity index is 0.00000684. The lowest BCUT2D eigenvalue weighted by Gasteiger charge is -2.21. The number of methoxy groups -OCH3 is 1. The van der Waals surface area contributed by atoms with E-state index in [4.69, 9.17) is 14.2 Å². The zero-order valence-corrected chi connectivity index (χ0v) is 22.2. The maximum absolute atomic E-state index is 12.9. The molecule has 0 fully saturated rings. The molecule has 0 N–H and O–H groups in total. The van der Waals surface area contributed by atoms with Crippen molar-refractivity contribution in [2.45, 2.75) is 84.5 Å². The Hall–Kier alpha value is -3.19. The fourth-order valence-corrected chi connectivity index (χ4v) is 3.82. The number of carbonyl (C=O) groups is 3. The van der Waals surface area contributed by atoms with Gasteiger partial charge < -0.3 is 14.2 Å². The van der Waals surface area contributed by atoms with Gasteiger partial charge in [-0.05, 0) is 56.2 Å². The third-order valence-corrected chi connectivity index (χ3v) is 5.93. The van der Waals surface area contributed by atoms with Gasteiger partial charge in [-0.15, -0.1) is 0 Å². The molecule has 2 aromatic rings. The highest BCUT2D eigenvalue weighted by atomic mass is 16.6. The fraction of sp³-hybridized carbons (Fsp3) is 0.452. The smallest absolute Gasteiger partial charge is 0.309 e. The summed E-state index contributed by atoms with van der Waals surface area (Å²) in [6, 6.07) is 17.8. The lowest BCUT2D eigenvalue weighted by molar-refractivity contribution is -0.159. The number of aryl methyl sites for hydroxylation is 2. The van der Waals surface area contributed by atoms with Gasteiger partial charge in [-0.3, -0.25) is 14.4 Å². The summed E-state index contributed by atoms with van der Waals surface area (Å²) >= 11 is 0. The largest absolute Gasteiger partial charge is 0.462 e. The highest BCUT2D eigenvalue weighted by Crippen LogP contribution is 2.17. The second-order valence-corrected chi connectivity index (χ2v) is 9.09. The zero-order valence-electron chi connectivity index (χ0n) is 22.2. The van der Waals surface area contributed by atoms with E-state index in [1.165, 1.54) is 14.0 Å². The number of ketones is 1. The van der Waals surface area contributed by atoms with Gasteiger partial charge in [0, 0.05) is 21.9 Å². The Morgan fingerprint density at radius 1 is 0.816 bits per heavy atom. The van der Waals surface area contributed by atoms with Crippen molar-refractivity contribution in [2.75, 3.05) is 7.11 Å². The Bertz CT molecular complexity index is 974. The molecule has 0 saturated heterocycles. The van der Waals surface area contributed by atoms with Gasteiger partial charge in [0.05, 0.1) is 18.9 Å². The zero-order chi connectivity index (χ0) is 26.3. The van der Waals surface area contributed by atoms with Gasteiger partial charge in [-0.2, -0.15) is 0 Å². The first-order valence-electron chi connectivity index (χ1n) is 12.5. The summed E-state index contributed by atoms with van der Waals surface area (Å²) in [5.74, 6) is -0.942. The van der Waals surface area contributed by atoms with E-state index in [0.717, 1.165) is 16.7 Å². The molecule has 0 spiro atoms. The van der Waals surface area contributed by atoms with Crippen LogP contribution in [0.15, 0.2) is 61.2 Å². The van der Waals surface area contributed by atoms with Gasteiger partial charge in [0.15, 0.2) is 0 Å². The van der Waals surface area contributed by atoms with Gasteiger partial charge in [0.25, 0.3) is 0 Å². The number of benzene rings is 2. The normalized spacial score (nSPS) is 12.6. The maximum atomic E-state index is 12.9. The average molecular weight is 521 g/mol. The predicted molar refractivity (Wildman–Crippen MR) is 153 cm³/mol. The highest BCUT2D eigenvalue weighted by molar-refractivity contribution is 5.77. The van der Waals surface area contributed by atoms with E-state index < -0.39 is 24.1 Å². The van der Waals surface area contributed by atoms with Crippen molar-refractivity contribution < 1.29 is 28.6 Å². The topological polar surface area (TPSA) is 78.9 Å². The molecule has 205 valence electrons. The van der Waals surface area contributed by atoms with Crippen LogP contribution in [0.4, 0.5) is 0 Å². The van der Waals surface area contributed by atoms with Crippen molar-refractivity contribution in [1.29, 1.82) is 0 Å². The Kier molecular flexibility index (Phi) is 17.4. The minimum Gasteiger partial charge on any atom is -0.462 e. The van der Waals surface area contributed by atoms with Gasteiger partial charge in [-0.25, -0.2) is 0 Å². The van der Waals surface area contributed by atoms with Crippen molar-refractivity contribution in [2.24, 2.45) is 0 Å². The van der Waals surface area contributed by atoms with E-state index in [0.29, 0.717) is 25.7 Å². The molecule has 0 aliphatic carbocycles. The van der Waals surface area contributed by atoms with Crippen LogP contribution in [0.1, 0.15) is 70.1 Å². The van der Waals surface area contributed by atoms with Crippen molar-refractivity contribution in [3.8, 4) is 0 Å². The van der Waals surface area contributed by atoms with Gasteiger partial charge in [0.1, 0.15) is 18.0 Å². The lowest BCUT2D eigenvalue weighted by atomic mass is 10.0. The van der Waals surface area contributed by atoms with Crippen LogP contribution in [-0.4, -0.2) is 51.6 Å². The van der Waals surface area contributed by atoms with Crippen LogP contribution in [0, 0.1) is 0 Å². The van der Waals surface area contributed by atoms with Crippen LogP contribution in [0.25, 0.3) is 6.08 Å². The van der Waals surface area contributed by atoms with Crippen molar-refractivity contribution in [1.82, 2.24) is 0 Å². The molecule has 0 bridgehead atoms. The van der Waals surface area contributed by atoms with E-state index in [9.17, 15) is 14.4 Å². The minimum absolute atomic E-state index is 0. The molecule has 0 saturated carbocycles. The number of carbonyl (C=O) groups excluding carboxylic acids is 3. The fourth-order valence-electron chi connectivity index (χ4n) is 3.82. The SMILES string of the molecule is C.C=Cc1ccc(CCC(CC(C)=O)OC(=O)CC(CCc2ccccc2)OC(=O)CC(C)OC)cc1.[B]. The van der Waals surface area contributed by atoms with Crippen LogP contribution in [0.3, 0.4) is 0 Å². The van der Waals surface area contributed by atoms with Crippen molar-refractivity contribution in [3.05, 3.63) is 77.9 Å². The number of hydrogen-bond acceptors (Lipinski definition) is 6. The number of rotatable bonds is 16. The summed E-state index contributed by atoms with van der Waals surface area (Å²) in [5, 5.41) is 0. The molecule has 0 aliphatic heterocycles. The number of ether oxygens (including phenoxy) is 3. The van der Waals surface area contributed by atoms with Gasteiger partial charge in [0.2, 0.25) is 0 Å². The molecule has 3 radical (unpaired) electrons. The summed E-state index contributed by atoms with van der Waals surface area (Å²) in [6.07, 6.45) is 2.86. The first-order valence-corrected chi connectivity index (χ1v) is 12.5. The molecule has 0 amide bonds. The van der Waals surface area contributed by atoms with Crippen molar-refractivity contribution in [3.63, 3.8) is 0 Å². The molecule has 2 aromatic carbocycles. The van der Waals surface area contributed by atoms with Crippen LogP contribution in [0.5, 0.6) is 0 Å². The monoisotopic (exact) mass is 521 g/mol. The van der Waals surface area contributed by atoms with E-state index in [1.807, 2.05) is 54.6 Å². The van der Waals surface area contributed by atoms with E-state index >= 15 is 0 Å². The van der Waals surface area contributed by atoms with Crippen molar-refractivity contribution >= 4 is 32.2 Å². The summed E-state index contributed by atoms with van der Waals surface area (Å²) in [5.41, 5.74) is 3.21. The first-order chi connectivity index (χ1) is 17.3. The molecule has 38 heavy (non-hydrogen) atoms. The molecular weight excluding hydrogens is 479 g/mol. The van der Waals surface area contributed by atoms with E-state index in [-0.39, 0.29) is 47.0 Å². The van der Waals surface area contributed by atoms with Crippen LogP contribution in [0.2, 0.25) is 0 Å². The molecule has 0 aromatic heterocycles. The summed E-state index contributed by atoms with van der Waals surface area (Å²) in [6.45, 7) is 7.03. The van der Waals surface area contributed by atoms with Gasteiger partial charge >= 0.3 is 11.9 Å². The third kappa shape index (κ3) is 13.9. The molecular formula is C31H42BO6. The molecule has 0 aliphatic rings. The number of esters is 2. The van der Waals surface area contributed by atoms with E-state index in [1.54, 1.807) is 13.0 Å². The van der Waals surface area contributed by atoms with Crippen LogP contribution >= 0.6 is 0 Å². The first kappa shape index (κ1) is 34.8. The molecule has 6 nitrogen and oxygen atoms in total. The quantitative estimate of drug-likeness (QED) is 0.206. The molecule has 0 heterocycles. The summed E-state index contributed by atoms with van der Waals surface area (Å²) in [4.78, 5) is 37.0. The van der Waals surface area contributed by atoms with Crippen LogP contribution < -0.4 is 0 Å². The summed E-state index contributed by atoms with van der Waals surface area (Å²) in [7, 11) is 1.53. The second kappa shape index (κ2) is 19.0. The standard InChI is InChI=1S/C30H38O6.CH4.B/c1-5-24-11-13-26(14-12-24)16-17-27(19-22(2)31)35-30(33)21-28(36-29(32)20-23(3)34-4)18-15-25-9-7-6-8-10-25;;/h5-14,23,27-28H,1,15-21H2,2-4H3;1H4;. The second-order valence-electron chi connectivity index (χ2n) is 9.09. The van der Waals surface area contributed by atoms with Gasteiger partial charge in [-0.1, -0.05) is 74.7 Å². The Labute approximate surface area is 230 Å². The third-order valence-electron chi connectivity index (χ3n) is 5.93. The molecule has 2 rings (SSSR count). The lowest BCUT2D eigenvalue weighted by Crippen LogP contribution is -2.28.